The molecule has 0 unspecified atom stereocenters. The molecular formula is C17H16N3O2+. The number of anilines is 2. The minimum atomic E-state index is -0.157. The third kappa shape index (κ3) is 3.93. The van der Waals surface area contributed by atoms with Gasteiger partial charge in [0, 0.05) is 24.2 Å². The Morgan fingerprint density at radius 3 is 1.95 bits per heavy atom. The molecule has 22 heavy (non-hydrogen) atoms. The van der Waals surface area contributed by atoms with E-state index in [1.54, 1.807) is 4.90 Å². The fraction of sp³-hybridized carbons (Fsp3) is 0.118. The first kappa shape index (κ1) is 15.3. The predicted molar refractivity (Wildman–Crippen MR) is 85.1 cm³/mol. The summed E-state index contributed by atoms with van der Waals surface area (Å²) >= 11 is 0. The second-order valence-electron chi connectivity index (χ2n) is 4.64. The third-order valence-electron chi connectivity index (χ3n) is 3.08. The van der Waals surface area contributed by atoms with Crippen LogP contribution in [0, 0.1) is 5.39 Å². The van der Waals surface area contributed by atoms with Crippen molar-refractivity contribution < 1.29 is 9.90 Å². The van der Waals surface area contributed by atoms with Gasteiger partial charge in [0.2, 0.25) is 11.3 Å². The zero-order valence-electron chi connectivity index (χ0n) is 12.0. The maximum atomic E-state index is 12.5. The minimum Gasteiger partial charge on any atom is -0.505 e. The molecular weight excluding hydrogens is 278 g/mol. The largest absolute Gasteiger partial charge is 0.505 e. The maximum Gasteiger partial charge on any atom is 0.387 e. The highest BCUT2D eigenvalue weighted by molar-refractivity contribution is 6.00. The van der Waals surface area contributed by atoms with E-state index in [0.717, 1.165) is 17.6 Å². The van der Waals surface area contributed by atoms with Crippen LogP contribution in [0.3, 0.4) is 0 Å². The first-order valence-electron chi connectivity index (χ1n) is 6.87. The lowest BCUT2D eigenvalue weighted by molar-refractivity contribution is -0.118. The molecule has 1 N–H and O–H groups in total. The van der Waals surface area contributed by atoms with E-state index in [1.165, 1.54) is 0 Å². The molecule has 5 nitrogen and oxygen atoms in total. The van der Waals surface area contributed by atoms with Gasteiger partial charge in [0.1, 0.15) is 0 Å². The number of hydrogen-bond donors (Lipinski definition) is 1. The molecule has 0 spiro atoms. The van der Waals surface area contributed by atoms with E-state index in [2.05, 4.69) is 4.98 Å². The van der Waals surface area contributed by atoms with Crippen LogP contribution in [0.5, 0.6) is 0 Å². The van der Waals surface area contributed by atoms with E-state index in [-0.39, 0.29) is 24.5 Å². The number of benzene rings is 2. The van der Waals surface area contributed by atoms with E-state index in [1.807, 2.05) is 60.7 Å². The molecule has 2 rings (SSSR count). The van der Waals surface area contributed by atoms with Crippen LogP contribution in [-0.2, 0) is 4.79 Å². The molecule has 110 valence electrons. The molecule has 0 heterocycles. The van der Waals surface area contributed by atoms with Crippen molar-refractivity contribution in [1.82, 2.24) is 0 Å². The van der Waals surface area contributed by atoms with E-state index in [9.17, 15) is 9.90 Å². The zero-order chi connectivity index (χ0) is 15.8. The Morgan fingerprint density at radius 2 is 1.50 bits per heavy atom. The second-order valence-corrected chi connectivity index (χ2v) is 4.64. The van der Waals surface area contributed by atoms with Crippen molar-refractivity contribution in [1.29, 1.82) is 5.39 Å². The molecule has 2 aromatic rings. The van der Waals surface area contributed by atoms with Crippen LogP contribution in [0.4, 0.5) is 11.4 Å². The SMILES string of the molecule is N#[N+]/C=C(\O)CCC(=O)N(c1ccccc1)c1ccccc1. The number of carbonyl (C=O) groups is 1. The molecule has 0 saturated carbocycles. The summed E-state index contributed by atoms with van der Waals surface area (Å²) in [5.74, 6) is -0.299. The van der Waals surface area contributed by atoms with Gasteiger partial charge >= 0.3 is 6.20 Å². The average Bonchev–Trinajstić information content (AvgIpc) is 2.55. The molecule has 0 bridgehead atoms. The lowest BCUT2D eigenvalue weighted by Crippen LogP contribution is -2.25. The lowest BCUT2D eigenvalue weighted by atomic mass is 10.2. The van der Waals surface area contributed by atoms with Crippen LogP contribution in [0.2, 0.25) is 0 Å². The summed E-state index contributed by atoms with van der Waals surface area (Å²) in [7, 11) is 0. The van der Waals surface area contributed by atoms with Crippen molar-refractivity contribution in [2.75, 3.05) is 4.90 Å². The number of diazo groups is 1. The number of aliphatic hydroxyl groups excluding tert-OH is 1. The Hall–Kier alpha value is -3.13. The van der Waals surface area contributed by atoms with Gasteiger partial charge in [0.05, 0.1) is 0 Å². The van der Waals surface area contributed by atoms with Crippen LogP contribution in [0.15, 0.2) is 72.6 Å². The van der Waals surface area contributed by atoms with Crippen molar-refractivity contribution >= 4 is 17.3 Å². The molecule has 2 aromatic carbocycles. The fourth-order valence-corrected chi connectivity index (χ4v) is 2.07. The van der Waals surface area contributed by atoms with Gasteiger partial charge in [-0.05, 0) is 24.3 Å². The van der Waals surface area contributed by atoms with E-state index < -0.39 is 0 Å². The predicted octanol–water partition coefficient (Wildman–Crippen LogP) is 4.38. The number of allylic oxidation sites excluding steroid dienone is 1. The summed E-state index contributed by atoms with van der Waals surface area (Å²) in [5, 5.41) is 17.8. The van der Waals surface area contributed by atoms with Crippen LogP contribution >= 0.6 is 0 Å². The van der Waals surface area contributed by atoms with E-state index in [0.29, 0.717) is 0 Å². The highest BCUT2D eigenvalue weighted by atomic mass is 16.3. The van der Waals surface area contributed by atoms with Gasteiger partial charge < -0.3 is 5.11 Å². The molecule has 5 heteroatoms. The summed E-state index contributed by atoms with van der Waals surface area (Å²) in [5.41, 5.74) is 1.52. The topological polar surface area (TPSA) is 68.7 Å². The second kappa shape index (κ2) is 7.60. The van der Waals surface area contributed by atoms with E-state index >= 15 is 0 Å². The monoisotopic (exact) mass is 294 g/mol. The highest BCUT2D eigenvalue weighted by Crippen LogP contribution is 2.26. The Bertz CT molecular complexity index is 651. The Morgan fingerprint density at radius 1 is 1.00 bits per heavy atom. The summed E-state index contributed by atoms with van der Waals surface area (Å²) in [6, 6.07) is 18.6. The summed E-state index contributed by atoms with van der Waals surface area (Å²) in [6.45, 7) is 0. The number of carbonyl (C=O) groups excluding carboxylic acids is 1. The third-order valence-corrected chi connectivity index (χ3v) is 3.08. The first-order chi connectivity index (χ1) is 10.7. The summed E-state index contributed by atoms with van der Waals surface area (Å²) < 4.78 is 0. The first-order valence-corrected chi connectivity index (χ1v) is 6.87. The van der Waals surface area contributed by atoms with E-state index in [4.69, 9.17) is 5.39 Å². The quantitative estimate of drug-likeness (QED) is 0.657. The molecule has 0 aromatic heterocycles. The maximum absolute atomic E-state index is 12.5. The smallest absolute Gasteiger partial charge is 0.387 e. The van der Waals surface area contributed by atoms with Gasteiger partial charge in [-0.25, -0.2) is 0 Å². The average molecular weight is 294 g/mol. The number of para-hydroxylation sites is 2. The molecule has 0 aliphatic rings. The van der Waals surface area contributed by atoms with Crippen LogP contribution < -0.4 is 4.90 Å². The number of rotatable bonds is 5. The van der Waals surface area contributed by atoms with Gasteiger partial charge in [-0.3, -0.25) is 9.69 Å². The number of hydrogen-bond acceptors (Lipinski definition) is 3. The normalized spacial score (nSPS) is 10.8. The molecule has 0 radical (unpaired) electrons. The highest BCUT2D eigenvalue weighted by Gasteiger charge is 2.18. The number of nitrogens with zero attached hydrogens (tertiary/aromatic N) is 3. The Balaban J connectivity index is 2.24. The molecule has 0 aliphatic carbocycles. The van der Waals surface area contributed by atoms with Crippen LogP contribution in [-0.4, -0.2) is 11.0 Å². The van der Waals surface area contributed by atoms with Crippen molar-refractivity contribution in [2.24, 2.45) is 0 Å². The molecule has 0 atom stereocenters. The van der Waals surface area contributed by atoms with Gasteiger partial charge in [0.15, 0.2) is 10.7 Å². The lowest BCUT2D eigenvalue weighted by Gasteiger charge is -2.23. The van der Waals surface area contributed by atoms with Crippen molar-refractivity contribution in [3.8, 4) is 0 Å². The standard InChI is InChI=1S/C17H15N3O2/c18-19-13-16(21)11-12-17(22)20(14-7-3-1-4-8-14)15-9-5-2-6-10-15/h1-10,13H,11-12H2/p+1/b16-13-. The minimum absolute atomic E-state index is 0.0989. The zero-order valence-corrected chi connectivity index (χ0v) is 12.0. The summed E-state index contributed by atoms with van der Waals surface area (Å²) in [6.07, 6.45) is 1.13. The van der Waals surface area contributed by atoms with Gasteiger partial charge in [-0.15, -0.1) is 0 Å². The molecule has 0 fully saturated rings. The Kier molecular flexibility index (Phi) is 5.27. The molecule has 0 saturated heterocycles. The van der Waals surface area contributed by atoms with Crippen LogP contribution in [0.1, 0.15) is 12.8 Å². The van der Waals surface area contributed by atoms with Gasteiger partial charge in [-0.2, -0.15) is 0 Å². The number of aliphatic hydroxyl groups is 1. The fourth-order valence-electron chi connectivity index (χ4n) is 2.07. The van der Waals surface area contributed by atoms with Crippen molar-refractivity contribution in [3.05, 3.63) is 77.6 Å². The van der Waals surface area contributed by atoms with Gasteiger partial charge in [0.25, 0.3) is 0 Å². The van der Waals surface area contributed by atoms with Crippen molar-refractivity contribution in [2.45, 2.75) is 12.8 Å². The number of amides is 1. The Labute approximate surface area is 128 Å². The van der Waals surface area contributed by atoms with Gasteiger partial charge in [-0.1, -0.05) is 36.4 Å². The van der Waals surface area contributed by atoms with Crippen molar-refractivity contribution in [3.63, 3.8) is 0 Å². The molecule has 0 aliphatic heterocycles. The molecule has 1 amide bonds. The summed E-state index contributed by atoms with van der Waals surface area (Å²) in [4.78, 5) is 16.9. The van der Waals surface area contributed by atoms with Crippen LogP contribution in [0.25, 0.3) is 4.98 Å².